The molecular weight excluding hydrogens is 304 g/mol. The number of hydrogen-bond donors (Lipinski definition) is 2. The zero-order valence-corrected chi connectivity index (χ0v) is 13.5. The van der Waals surface area contributed by atoms with Crippen LogP contribution in [0.15, 0.2) is 54.7 Å². The number of para-hydroxylation sites is 1. The Morgan fingerprint density at radius 2 is 1.92 bits per heavy atom. The van der Waals surface area contributed by atoms with Crippen LogP contribution < -0.4 is 10.5 Å². The first kappa shape index (κ1) is 16.1. The second-order valence-corrected chi connectivity index (χ2v) is 5.63. The third-order valence-corrected chi connectivity index (χ3v) is 3.96. The lowest BCUT2D eigenvalue weighted by Gasteiger charge is -2.11. The lowest BCUT2D eigenvalue weighted by Crippen LogP contribution is -2.34. The number of carbonyl (C=O) groups excluding carboxylic acids is 1. The molecular formula is C19H20N2O3. The Morgan fingerprint density at radius 1 is 1.17 bits per heavy atom. The maximum Gasteiger partial charge on any atom is 0.323 e. The summed E-state index contributed by atoms with van der Waals surface area (Å²) < 4.78 is 10.4. The van der Waals surface area contributed by atoms with Crippen molar-refractivity contribution in [3.05, 3.63) is 65.9 Å². The van der Waals surface area contributed by atoms with Gasteiger partial charge in [0.15, 0.2) is 0 Å². The van der Waals surface area contributed by atoms with Gasteiger partial charge in [0, 0.05) is 23.5 Å². The highest BCUT2D eigenvalue weighted by atomic mass is 16.5. The van der Waals surface area contributed by atoms with Gasteiger partial charge in [-0.05, 0) is 29.3 Å². The molecule has 1 heterocycles. The van der Waals surface area contributed by atoms with E-state index in [1.54, 1.807) is 7.11 Å². The summed E-state index contributed by atoms with van der Waals surface area (Å²) >= 11 is 0. The summed E-state index contributed by atoms with van der Waals surface area (Å²) in [5.41, 5.74) is 8.94. The fraction of sp³-hybridized carbons (Fsp3) is 0.211. The quantitative estimate of drug-likeness (QED) is 0.684. The number of fused-ring (bicyclic) bond motifs is 1. The van der Waals surface area contributed by atoms with Crippen LogP contribution in [-0.2, 0) is 22.6 Å². The summed E-state index contributed by atoms with van der Waals surface area (Å²) in [6.45, 7) is 0.199. The minimum absolute atomic E-state index is 0.199. The fourth-order valence-corrected chi connectivity index (χ4v) is 2.60. The molecule has 1 aromatic heterocycles. The number of ether oxygens (including phenoxy) is 2. The number of aromatic amines is 1. The lowest BCUT2D eigenvalue weighted by molar-refractivity contribution is -0.146. The molecule has 5 heteroatoms. The van der Waals surface area contributed by atoms with E-state index in [4.69, 9.17) is 15.2 Å². The monoisotopic (exact) mass is 324 g/mol. The van der Waals surface area contributed by atoms with Gasteiger partial charge in [-0.25, -0.2) is 0 Å². The van der Waals surface area contributed by atoms with Gasteiger partial charge < -0.3 is 20.2 Å². The first-order valence-electron chi connectivity index (χ1n) is 7.77. The van der Waals surface area contributed by atoms with Crippen LogP contribution in [-0.4, -0.2) is 24.1 Å². The Kier molecular flexibility index (Phi) is 4.82. The molecule has 24 heavy (non-hydrogen) atoms. The molecule has 5 nitrogen and oxygen atoms in total. The summed E-state index contributed by atoms with van der Waals surface area (Å²) in [5.74, 6) is 0.359. The van der Waals surface area contributed by atoms with Gasteiger partial charge >= 0.3 is 5.97 Å². The van der Waals surface area contributed by atoms with Crippen LogP contribution in [0, 0.1) is 0 Å². The van der Waals surface area contributed by atoms with E-state index in [9.17, 15) is 4.79 Å². The minimum Gasteiger partial charge on any atom is -0.497 e. The second-order valence-electron chi connectivity index (χ2n) is 5.63. The number of hydrogen-bond acceptors (Lipinski definition) is 4. The van der Waals surface area contributed by atoms with E-state index >= 15 is 0 Å². The maximum atomic E-state index is 12.1. The molecule has 0 aliphatic carbocycles. The predicted molar refractivity (Wildman–Crippen MR) is 92.8 cm³/mol. The number of nitrogens with one attached hydrogen (secondary N) is 1. The molecule has 0 radical (unpaired) electrons. The second kappa shape index (κ2) is 7.19. The topological polar surface area (TPSA) is 77.3 Å². The molecule has 0 bridgehead atoms. The van der Waals surface area contributed by atoms with Crippen LogP contribution >= 0.6 is 0 Å². The molecule has 1 atom stereocenters. The van der Waals surface area contributed by atoms with Gasteiger partial charge in [0.2, 0.25) is 0 Å². The van der Waals surface area contributed by atoms with Gasteiger partial charge in [0.25, 0.3) is 0 Å². The molecule has 0 spiro atoms. The third kappa shape index (κ3) is 3.58. The fourth-order valence-electron chi connectivity index (χ4n) is 2.60. The Hall–Kier alpha value is -2.79. The molecule has 0 saturated heterocycles. The Balaban J connectivity index is 1.58. The Bertz CT molecular complexity index is 824. The van der Waals surface area contributed by atoms with E-state index in [0.717, 1.165) is 27.8 Å². The Labute approximate surface area is 140 Å². The molecule has 0 unspecified atom stereocenters. The van der Waals surface area contributed by atoms with Gasteiger partial charge in [-0.15, -0.1) is 0 Å². The summed E-state index contributed by atoms with van der Waals surface area (Å²) in [7, 11) is 1.61. The SMILES string of the molecule is COc1ccc(COC(=O)[C@@H](N)Cc2c[nH]c3ccccc23)cc1. The van der Waals surface area contributed by atoms with Gasteiger partial charge in [-0.2, -0.15) is 0 Å². The lowest BCUT2D eigenvalue weighted by atomic mass is 10.1. The van der Waals surface area contributed by atoms with Crippen molar-refractivity contribution in [2.75, 3.05) is 7.11 Å². The number of nitrogens with two attached hydrogens (primary N) is 1. The summed E-state index contributed by atoms with van der Waals surface area (Å²) in [6.07, 6.45) is 2.33. The van der Waals surface area contributed by atoms with Crippen LogP contribution in [0.5, 0.6) is 5.75 Å². The third-order valence-electron chi connectivity index (χ3n) is 3.96. The van der Waals surface area contributed by atoms with Crippen LogP contribution in [0.2, 0.25) is 0 Å². The smallest absolute Gasteiger partial charge is 0.323 e. The molecule has 124 valence electrons. The van der Waals surface area contributed by atoms with Gasteiger partial charge in [0.05, 0.1) is 7.11 Å². The number of carbonyl (C=O) groups is 1. The maximum absolute atomic E-state index is 12.1. The van der Waals surface area contributed by atoms with Crippen molar-refractivity contribution in [3.63, 3.8) is 0 Å². The first-order valence-corrected chi connectivity index (χ1v) is 7.77. The van der Waals surface area contributed by atoms with Crippen LogP contribution in [0.3, 0.4) is 0 Å². The van der Waals surface area contributed by atoms with Crippen molar-refractivity contribution >= 4 is 16.9 Å². The van der Waals surface area contributed by atoms with Crippen LogP contribution in [0.4, 0.5) is 0 Å². The van der Waals surface area contributed by atoms with Crippen molar-refractivity contribution in [1.29, 1.82) is 0 Å². The van der Waals surface area contributed by atoms with Crippen molar-refractivity contribution in [1.82, 2.24) is 4.98 Å². The molecule has 0 saturated carbocycles. The van der Waals surface area contributed by atoms with E-state index in [1.165, 1.54) is 0 Å². The highest BCUT2D eigenvalue weighted by Gasteiger charge is 2.17. The van der Waals surface area contributed by atoms with Gasteiger partial charge in [-0.1, -0.05) is 30.3 Å². The molecule has 0 aliphatic rings. The normalized spacial score (nSPS) is 12.1. The highest BCUT2D eigenvalue weighted by molar-refractivity contribution is 5.84. The molecule has 0 aliphatic heterocycles. The number of H-pyrrole nitrogens is 1. The van der Waals surface area contributed by atoms with Crippen LogP contribution in [0.25, 0.3) is 10.9 Å². The van der Waals surface area contributed by atoms with E-state index in [1.807, 2.05) is 54.7 Å². The summed E-state index contributed by atoms with van der Waals surface area (Å²) in [6, 6.07) is 14.6. The van der Waals surface area contributed by atoms with Crippen molar-refractivity contribution in [2.45, 2.75) is 19.1 Å². The molecule has 0 amide bonds. The zero-order valence-electron chi connectivity index (χ0n) is 13.5. The summed E-state index contributed by atoms with van der Waals surface area (Å²) in [5, 5.41) is 1.08. The van der Waals surface area contributed by atoms with Gasteiger partial charge in [-0.3, -0.25) is 4.79 Å². The average Bonchev–Trinajstić information content (AvgIpc) is 3.03. The largest absolute Gasteiger partial charge is 0.497 e. The van der Waals surface area contributed by atoms with E-state index < -0.39 is 12.0 Å². The summed E-state index contributed by atoms with van der Waals surface area (Å²) in [4.78, 5) is 15.3. The van der Waals surface area contributed by atoms with Crippen molar-refractivity contribution in [3.8, 4) is 5.75 Å². The first-order chi connectivity index (χ1) is 11.7. The number of rotatable bonds is 6. The highest BCUT2D eigenvalue weighted by Crippen LogP contribution is 2.19. The molecule has 2 aromatic carbocycles. The molecule has 3 N–H and O–H groups in total. The van der Waals surface area contributed by atoms with E-state index in [-0.39, 0.29) is 6.61 Å². The standard InChI is InChI=1S/C19H20N2O3/c1-23-15-8-6-13(7-9-15)12-24-19(22)17(20)10-14-11-21-18-5-3-2-4-16(14)18/h2-9,11,17,21H,10,12,20H2,1H3/t17-/m0/s1. The number of benzene rings is 2. The van der Waals surface area contributed by atoms with E-state index in [2.05, 4.69) is 4.98 Å². The van der Waals surface area contributed by atoms with Crippen molar-refractivity contribution in [2.24, 2.45) is 5.73 Å². The van der Waals surface area contributed by atoms with Crippen LogP contribution in [0.1, 0.15) is 11.1 Å². The Morgan fingerprint density at radius 3 is 2.67 bits per heavy atom. The predicted octanol–water partition coefficient (Wildman–Crippen LogP) is 2.79. The minimum atomic E-state index is -0.692. The van der Waals surface area contributed by atoms with Gasteiger partial charge in [0.1, 0.15) is 18.4 Å². The average molecular weight is 324 g/mol. The molecule has 3 rings (SSSR count). The number of aromatic nitrogens is 1. The molecule has 3 aromatic rings. The molecule has 0 fully saturated rings. The number of methoxy groups -OCH3 is 1. The van der Waals surface area contributed by atoms with Crippen molar-refractivity contribution < 1.29 is 14.3 Å². The zero-order chi connectivity index (χ0) is 16.9. The number of esters is 1. The van der Waals surface area contributed by atoms with E-state index in [0.29, 0.717) is 6.42 Å².